The Morgan fingerprint density at radius 1 is 1.50 bits per heavy atom. The van der Waals surface area contributed by atoms with E-state index in [1.165, 1.54) is 11.3 Å². The van der Waals surface area contributed by atoms with Crippen LogP contribution in [0.4, 0.5) is 9.93 Å². The summed E-state index contributed by atoms with van der Waals surface area (Å²) in [6.07, 6.45) is 0. The van der Waals surface area contributed by atoms with Gasteiger partial charge in [0.25, 0.3) is 0 Å². The molecule has 18 heavy (non-hydrogen) atoms. The molecule has 1 saturated heterocycles. The van der Waals surface area contributed by atoms with Crippen LogP contribution in [-0.4, -0.2) is 45.3 Å². The highest BCUT2D eigenvalue weighted by Gasteiger charge is 2.37. The number of nitrogens with one attached hydrogen (secondary N) is 1. The van der Waals surface area contributed by atoms with Crippen molar-refractivity contribution < 1.29 is 14.7 Å². The van der Waals surface area contributed by atoms with Gasteiger partial charge in [-0.25, -0.2) is 4.79 Å². The molecule has 1 aliphatic heterocycles. The van der Waals surface area contributed by atoms with Crippen LogP contribution in [0.2, 0.25) is 0 Å². The molecule has 1 aliphatic rings. The largest absolute Gasteiger partial charge is 0.481 e. The van der Waals surface area contributed by atoms with E-state index in [1.807, 2.05) is 6.92 Å². The van der Waals surface area contributed by atoms with Crippen LogP contribution >= 0.6 is 11.3 Å². The van der Waals surface area contributed by atoms with Crippen molar-refractivity contribution in [3.63, 3.8) is 0 Å². The van der Waals surface area contributed by atoms with E-state index < -0.39 is 11.9 Å². The number of anilines is 1. The molecule has 2 amide bonds. The number of aliphatic carboxylic acids is 1. The molecule has 2 heterocycles. The zero-order valence-electron chi connectivity index (χ0n) is 10.1. The van der Waals surface area contributed by atoms with E-state index in [9.17, 15) is 9.59 Å². The molecule has 2 rings (SSSR count). The predicted molar refractivity (Wildman–Crippen MR) is 65.5 cm³/mol. The first-order chi connectivity index (χ1) is 8.47. The molecule has 0 spiro atoms. The van der Waals surface area contributed by atoms with E-state index >= 15 is 0 Å². The van der Waals surface area contributed by atoms with Crippen molar-refractivity contribution in [1.29, 1.82) is 0 Å². The molecule has 0 aliphatic carbocycles. The number of aromatic nitrogens is 2. The molecule has 98 valence electrons. The molecule has 1 aromatic heterocycles. The fourth-order valence-corrected chi connectivity index (χ4v) is 2.30. The molecule has 1 fully saturated rings. The van der Waals surface area contributed by atoms with Crippen LogP contribution in [0.1, 0.15) is 11.9 Å². The Morgan fingerprint density at radius 3 is 2.67 bits per heavy atom. The molecule has 1 unspecified atom stereocenters. The first-order valence-corrected chi connectivity index (χ1v) is 6.38. The van der Waals surface area contributed by atoms with E-state index in [2.05, 4.69) is 15.5 Å². The summed E-state index contributed by atoms with van der Waals surface area (Å²) in [5.41, 5.74) is 0. The van der Waals surface area contributed by atoms with Gasteiger partial charge in [-0.15, -0.1) is 10.2 Å². The SMILES string of the molecule is Cc1nnc(NC(=O)N2CC(C(C)C(=O)O)C2)s1. The normalized spacial score (nSPS) is 17.1. The highest BCUT2D eigenvalue weighted by atomic mass is 32.1. The van der Waals surface area contributed by atoms with Crippen LogP contribution in [0.25, 0.3) is 0 Å². The lowest BCUT2D eigenvalue weighted by atomic mass is 9.87. The lowest BCUT2D eigenvalue weighted by molar-refractivity contribution is -0.144. The summed E-state index contributed by atoms with van der Waals surface area (Å²) < 4.78 is 0. The van der Waals surface area contributed by atoms with Crippen molar-refractivity contribution in [3.8, 4) is 0 Å². The molecule has 8 heteroatoms. The van der Waals surface area contributed by atoms with Crippen LogP contribution in [0.15, 0.2) is 0 Å². The summed E-state index contributed by atoms with van der Waals surface area (Å²) >= 11 is 1.31. The van der Waals surface area contributed by atoms with Gasteiger partial charge >= 0.3 is 12.0 Å². The third-order valence-corrected chi connectivity index (χ3v) is 3.79. The summed E-state index contributed by atoms with van der Waals surface area (Å²) in [6, 6.07) is -0.250. The Balaban J connectivity index is 1.81. The molecular formula is C10H14N4O3S. The number of hydrogen-bond acceptors (Lipinski definition) is 5. The minimum Gasteiger partial charge on any atom is -0.481 e. The number of aryl methyl sites for hydroxylation is 1. The summed E-state index contributed by atoms with van der Waals surface area (Å²) in [6.45, 7) is 4.41. The van der Waals surface area contributed by atoms with Gasteiger partial charge in [-0.2, -0.15) is 0 Å². The monoisotopic (exact) mass is 270 g/mol. The third kappa shape index (κ3) is 2.58. The standard InChI is InChI=1S/C10H14N4O3S/c1-5(8(15)16)7-3-14(4-7)10(17)11-9-13-12-6(2)18-9/h5,7H,3-4H2,1-2H3,(H,15,16)(H,11,13,17). The molecule has 0 saturated carbocycles. The van der Waals surface area contributed by atoms with Crippen molar-refractivity contribution in [3.05, 3.63) is 5.01 Å². The smallest absolute Gasteiger partial charge is 0.323 e. The van der Waals surface area contributed by atoms with Crippen molar-refractivity contribution in [2.45, 2.75) is 13.8 Å². The molecule has 0 radical (unpaired) electrons. The molecule has 0 bridgehead atoms. The van der Waals surface area contributed by atoms with Crippen LogP contribution in [-0.2, 0) is 4.79 Å². The Hall–Kier alpha value is -1.70. The number of nitrogens with zero attached hydrogens (tertiary/aromatic N) is 3. The number of rotatable bonds is 3. The zero-order chi connectivity index (χ0) is 13.3. The fraction of sp³-hybridized carbons (Fsp3) is 0.600. The fourth-order valence-electron chi connectivity index (χ4n) is 1.71. The van der Waals surface area contributed by atoms with Gasteiger partial charge in [0, 0.05) is 19.0 Å². The second-order valence-corrected chi connectivity index (χ2v) is 5.53. The van der Waals surface area contributed by atoms with Crippen LogP contribution in [0, 0.1) is 18.8 Å². The molecule has 2 N–H and O–H groups in total. The Morgan fingerprint density at radius 2 is 2.17 bits per heavy atom. The van der Waals surface area contributed by atoms with Crippen molar-refractivity contribution in [2.24, 2.45) is 11.8 Å². The van der Waals surface area contributed by atoms with Gasteiger partial charge in [0.15, 0.2) is 0 Å². The Bertz CT molecular complexity index is 469. The predicted octanol–water partition coefficient (Wildman–Crippen LogP) is 1.03. The number of carbonyl (C=O) groups excluding carboxylic acids is 1. The summed E-state index contributed by atoms with van der Waals surface area (Å²) in [7, 11) is 0. The van der Waals surface area contributed by atoms with E-state index in [0.717, 1.165) is 5.01 Å². The second kappa shape index (κ2) is 4.89. The molecule has 0 aromatic carbocycles. The van der Waals surface area contributed by atoms with Gasteiger partial charge in [0.1, 0.15) is 5.01 Å². The topological polar surface area (TPSA) is 95.4 Å². The van der Waals surface area contributed by atoms with Crippen molar-refractivity contribution in [1.82, 2.24) is 15.1 Å². The summed E-state index contributed by atoms with van der Waals surface area (Å²) in [5.74, 6) is -1.21. The van der Waals surface area contributed by atoms with Gasteiger partial charge in [-0.3, -0.25) is 10.1 Å². The van der Waals surface area contributed by atoms with Gasteiger partial charge in [-0.1, -0.05) is 18.3 Å². The van der Waals surface area contributed by atoms with Crippen LogP contribution < -0.4 is 5.32 Å². The lowest BCUT2D eigenvalue weighted by Gasteiger charge is -2.40. The second-order valence-electron chi connectivity index (χ2n) is 4.35. The Labute approximate surface area is 108 Å². The maximum atomic E-state index is 11.7. The van der Waals surface area contributed by atoms with E-state index in [-0.39, 0.29) is 11.9 Å². The van der Waals surface area contributed by atoms with E-state index in [1.54, 1.807) is 11.8 Å². The van der Waals surface area contributed by atoms with Crippen molar-refractivity contribution >= 4 is 28.5 Å². The zero-order valence-corrected chi connectivity index (χ0v) is 10.9. The first kappa shape index (κ1) is 12.7. The number of carboxylic acids is 1. The van der Waals surface area contributed by atoms with Crippen LogP contribution in [0.5, 0.6) is 0 Å². The van der Waals surface area contributed by atoms with E-state index in [0.29, 0.717) is 18.2 Å². The maximum absolute atomic E-state index is 11.7. The average molecular weight is 270 g/mol. The minimum atomic E-state index is -0.820. The highest BCUT2D eigenvalue weighted by molar-refractivity contribution is 7.15. The quantitative estimate of drug-likeness (QED) is 0.855. The number of amides is 2. The maximum Gasteiger partial charge on any atom is 0.323 e. The third-order valence-electron chi connectivity index (χ3n) is 3.03. The molecule has 7 nitrogen and oxygen atoms in total. The Kier molecular flexibility index (Phi) is 3.46. The van der Waals surface area contributed by atoms with Gasteiger partial charge in [0.2, 0.25) is 5.13 Å². The number of carbonyl (C=O) groups is 2. The van der Waals surface area contributed by atoms with Crippen molar-refractivity contribution in [2.75, 3.05) is 18.4 Å². The number of urea groups is 1. The van der Waals surface area contributed by atoms with Gasteiger partial charge in [0.05, 0.1) is 5.92 Å². The minimum absolute atomic E-state index is 0.0319. The highest BCUT2D eigenvalue weighted by Crippen LogP contribution is 2.25. The summed E-state index contributed by atoms with van der Waals surface area (Å²) in [4.78, 5) is 24.1. The summed E-state index contributed by atoms with van der Waals surface area (Å²) in [5, 5.41) is 20.3. The number of likely N-dealkylation sites (tertiary alicyclic amines) is 1. The first-order valence-electron chi connectivity index (χ1n) is 5.56. The van der Waals surface area contributed by atoms with Crippen LogP contribution in [0.3, 0.4) is 0 Å². The molecule has 1 aromatic rings. The molecular weight excluding hydrogens is 256 g/mol. The lowest BCUT2D eigenvalue weighted by Crippen LogP contribution is -2.54. The van der Waals surface area contributed by atoms with Gasteiger partial charge in [-0.05, 0) is 6.92 Å². The average Bonchev–Trinajstić information content (AvgIpc) is 2.61. The van der Waals surface area contributed by atoms with E-state index in [4.69, 9.17) is 5.11 Å². The van der Waals surface area contributed by atoms with Gasteiger partial charge < -0.3 is 10.0 Å². The number of carboxylic acid groups (broad SMARTS) is 1. The number of hydrogen-bond donors (Lipinski definition) is 2. The molecule has 1 atom stereocenters.